The number of benzene rings is 1. The Balaban J connectivity index is 2.14. The lowest BCUT2D eigenvalue weighted by Gasteiger charge is -2.37. The van der Waals surface area contributed by atoms with E-state index in [1.165, 1.54) is 0 Å². The summed E-state index contributed by atoms with van der Waals surface area (Å²) in [4.78, 5) is 4.66. The zero-order valence-electron chi connectivity index (χ0n) is 11.2. The molecule has 1 fully saturated rings. The van der Waals surface area contributed by atoms with Crippen molar-refractivity contribution in [3.8, 4) is 0 Å². The highest BCUT2D eigenvalue weighted by molar-refractivity contribution is 5.26. The van der Waals surface area contributed by atoms with Gasteiger partial charge in [-0.2, -0.15) is 0 Å². The van der Waals surface area contributed by atoms with E-state index < -0.39 is 0 Å². The topological polar surface area (TPSA) is 32.5 Å². The average molecular weight is 251 g/mol. The van der Waals surface area contributed by atoms with E-state index in [2.05, 4.69) is 16.8 Å². The first-order valence-corrected chi connectivity index (χ1v) is 6.50. The number of halogens is 1. The highest BCUT2D eigenvalue weighted by Gasteiger charge is 2.23. The number of piperazine rings is 1. The normalized spacial score (nSPS) is 20.0. The Labute approximate surface area is 108 Å². The molecule has 1 aromatic rings. The smallest absolute Gasteiger partial charge is 0.126 e. The van der Waals surface area contributed by atoms with Crippen LogP contribution in [0.4, 0.5) is 4.39 Å². The van der Waals surface area contributed by atoms with E-state index in [0.29, 0.717) is 12.1 Å². The quantitative estimate of drug-likeness (QED) is 0.881. The van der Waals surface area contributed by atoms with E-state index in [9.17, 15) is 4.39 Å². The van der Waals surface area contributed by atoms with Gasteiger partial charge >= 0.3 is 0 Å². The summed E-state index contributed by atoms with van der Waals surface area (Å²) >= 11 is 0. The molecule has 3 nitrogen and oxygen atoms in total. The van der Waals surface area contributed by atoms with Crippen molar-refractivity contribution >= 4 is 0 Å². The number of hydrogen-bond acceptors (Lipinski definition) is 3. The Morgan fingerprint density at radius 3 is 2.50 bits per heavy atom. The fourth-order valence-corrected chi connectivity index (χ4v) is 2.45. The van der Waals surface area contributed by atoms with Gasteiger partial charge in [-0.3, -0.25) is 4.90 Å². The lowest BCUT2D eigenvalue weighted by molar-refractivity contribution is 0.114. The summed E-state index contributed by atoms with van der Waals surface area (Å²) in [6.45, 7) is 6.40. The van der Waals surface area contributed by atoms with Crippen LogP contribution in [0.2, 0.25) is 0 Å². The van der Waals surface area contributed by atoms with E-state index in [4.69, 9.17) is 5.73 Å². The lowest BCUT2D eigenvalue weighted by Crippen LogP contribution is -2.47. The van der Waals surface area contributed by atoms with Crippen molar-refractivity contribution in [2.75, 3.05) is 39.8 Å². The van der Waals surface area contributed by atoms with Crippen molar-refractivity contribution in [2.24, 2.45) is 5.73 Å². The molecule has 2 rings (SSSR count). The maximum Gasteiger partial charge on any atom is 0.126 e. The Morgan fingerprint density at radius 2 is 1.94 bits per heavy atom. The molecule has 1 saturated heterocycles. The average Bonchev–Trinajstić information content (AvgIpc) is 2.37. The molecule has 0 saturated carbocycles. The number of nitrogens with zero attached hydrogens (tertiary/aromatic N) is 2. The van der Waals surface area contributed by atoms with Crippen LogP contribution in [-0.4, -0.2) is 49.6 Å². The van der Waals surface area contributed by atoms with Gasteiger partial charge in [-0.15, -0.1) is 0 Å². The summed E-state index contributed by atoms with van der Waals surface area (Å²) in [7, 11) is 2.13. The summed E-state index contributed by atoms with van der Waals surface area (Å²) in [6.07, 6.45) is 0. The minimum atomic E-state index is -0.139. The third-order valence-corrected chi connectivity index (χ3v) is 3.78. The van der Waals surface area contributed by atoms with Crippen molar-refractivity contribution in [3.05, 3.63) is 35.1 Å². The van der Waals surface area contributed by atoms with Crippen molar-refractivity contribution in [1.82, 2.24) is 9.80 Å². The van der Waals surface area contributed by atoms with E-state index in [-0.39, 0.29) is 11.9 Å². The molecular weight excluding hydrogens is 229 g/mol. The third-order valence-electron chi connectivity index (χ3n) is 3.78. The molecule has 1 heterocycles. The van der Waals surface area contributed by atoms with Crippen LogP contribution in [-0.2, 0) is 0 Å². The minimum Gasteiger partial charge on any atom is -0.329 e. The second-order valence-corrected chi connectivity index (χ2v) is 5.10. The van der Waals surface area contributed by atoms with E-state index in [1.807, 2.05) is 12.1 Å². The highest BCUT2D eigenvalue weighted by atomic mass is 19.1. The fraction of sp³-hybridized carbons (Fsp3) is 0.571. The van der Waals surface area contributed by atoms with Crippen LogP contribution in [0.5, 0.6) is 0 Å². The van der Waals surface area contributed by atoms with Crippen LogP contribution in [0.15, 0.2) is 18.2 Å². The lowest BCUT2D eigenvalue weighted by atomic mass is 10.0. The molecule has 1 unspecified atom stereocenters. The van der Waals surface area contributed by atoms with Gasteiger partial charge in [0.1, 0.15) is 5.82 Å². The zero-order valence-corrected chi connectivity index (χ0v) is 11.2. The van der Waals surface area contributed by atoms with Gasteiger partial charge in [-0.05, 0) is 31.2 Å². The standard InChI is InChI=1S/C14H22FN3/c1-11-3-4-12(9-13(11)15)14(10-16)18-7-5-17(2)6-8-18/h3-4,9,14H,5-8,10,16H2,1-2H3. The number of rotatable bonds is 3. The predicted octanol–water partition coefficient (Wildman–Crippen LogP) is 1.38. The summed E-state index contributed by atoms with van der Waals surface area (Å²) in [5.74, 6) is -0.139. The molecule has 0 spiro atoms. The molecule has 0 radical (unpaired) electrons. The van der Waals surface area contributed by atoms with Gasteiger partial charge in [0.05, 0.1) is 0 Å². The fourth-order valence-electron chi connectivity index (χ4n) is 2.45. The van der Waals surface area contributed by atoms with E-state index in [1.54, 1.807) is 13.0 Å². The molecular formula is C14H22FN3. The second-order valence-electron chi connectivity index (χ2n) is 5.10. The molecule has 0 aromatic heterocycles. The molecule has 1 aromatic carbocycles. The van der Waals surface area contributed by atoms with Crippen LogP contribution in [0.25, 0.3) is 0 Å². The van der Waals surface area contributed by atoms with Gasteiger partial charge in [-0.25, -0.2) is 4.39 Å². The maximum absolute atomic E-state index is 13.6. The summed E-state index contributed by atoms with van der Waals surface area (Å²) in [5, 5.41) is 0. The van der Waals surface area contributed by atoms with E-state index in [0.717, 1.165) is 31.7 Å². The number of hydrogen-bond donors (Lipinski definition) is 1. The van der Waals surface area contributed by atoms with Gasteiger partial charge in [0.2, 0.25) is 0 Å². The SMILES string of the molecule is Cc1ccc(C(CN)N2CCN(C)CC2)cc1F. The van der Waals surface area contributed by atoms with Crippen LogP contribution >= 0.6 is 0 Å². The Hall–Kier alpha value is -0.970. The van der Waals surface area contributed by atoms with Crippen LogP contribution in [0, 0.1) is 12.7 Å². The van der Waals surface area contributed by atoms with Crippen molar-refractivity contribution in [3.63, 3.8) is 0 Å². The molecule has 2 N–H and O–H groups in total. The summed E-state index contributed by atoms with van der Waals surface area (Å²) < 4.78 is 13.6. The highest BCUT2D eigenvalue weighted by Crippen LogP contribution is 2.22. The zero-order chi connectivity index (χ0) is 13.1. The Bertz CT molecular complexity index is 400. The van der Waals surface area contributed by atoms with Crippen molar-refractivity contribution in [1.29, 1.82) is 0 Å². The molecule has 0 bridgehead atoms. The van der Waals surface area contributed by atoms with Crippen molar-refractivity contribution < 1.29 is 4.39 Å². The molecule has 4 heteroatoms. The minimum absolute atomic E-state index is 0.133. The van der Waals surface area contributed by atoms with Crippen LogP contribution < -0.4 is 5.73 Å². The molecule has 0 aliphatic carbocycles. The van der Waals surface area contributed by atoms with Gasteiger partial charge < -0.3 is 10.6 Å². The molecule has 18 heavy (non-hydrogen) atoms. The Kier molecular flexibility index (Phi) is 4.32. The van der Waals surface area contributed by atoms with Gasteiger partial charge in [0, 0.05) is 38.8 Å². The van der Waals surface area contributed by atoms with Crippen molar-refractivity contribution in [2.45, 2.75) is 13.0 Å². The third kappa shape index (κ3) is 2.88. The molecule has 0 amide bonds. The summed E-state index contributed by atoms with van der Waals surface area (Å²) in [6, 6.07) is 5.59. The first-order valence-electron chi connectivity index (χ1n) is 6.50. The number of nitrogens with two attached hydrogens (primary N) is 1. The number of aryl methyl sites for hydroxylation is 1. The second kappa shape index (κ2) is 5.78. The van der Waals surface area contributed by atoms with Crippen LogP contribution in [0.1, 0.15) is 17.2 Å². The van der Waals surface area contributed by atoms with Gasteiger partial charge in [0.15, 0.2) is 0 Å². The van der Waals surface area contributed by atoms with Gasteiger partial charge in [0.25, 0.3) is 0 Å². The van der Waals surface area contributed by atoms with E-state index >= 15 is 0 Å². The maximum atomic E-state index is 13.6. The monoisotopic (exact) mass is 251 g/mol. The molecule has 1 atom stereocenters. The molecule has 1 aliphatic rings. The number of likely N-dealkylation sites (N-methyl/N-ethyl adjacent to an activating group) is 1. The molecule has 100 valence electrons. The van der Waals surface area contributed by atoms with Gasteiger partial charge in [-0.1, -0.05) is 12.1 Å². The first kappa shape index (κ1) is 13.5. The summed E-state index contributed by atoms with van der Waals surface area (Å²) in [5.41, 5.74) is 7.56. The predicted molar refractivity (Wildman–Crippen MR) is 72.0 cm³/mol. The largest absolute Gasteiger partial charge is 0.329 e. The molecule has 1 aliphatic heterocycles. The Morgan fingerprint density at radius 1 is 1.28 bits per heavy atom. The first-order chi connectivity index (χ1) is 8.61. The van der Waals surface area contributed by atoms with Crippen LogP contribution in [0.3, 0.4) is 0 Å².